The molecule has 0 unspecified atom stereocenters. The number of thiol groups is 2. The summed E-state index contributed by atoms with van der Waals surface area (Å²) < 4.78 is 0. The Morgan fingerprint density at radius 1 is 0.539 bits per heavy atom. The highest BCUT2D eigenvalue weighted by molar-refractivity contribution is 7.80. The number of H-pyrrole nitrogens is 1. The van der Waals surface area contributed by atoms with Crippen molar-refractivity contribution in [2.75, 3.05) is 18.1 Å². The van der Waals surface area contributed by atoms with E-state index in [9.17, 15) is 63.6 Å². The third kappa shape index (κ3) is 18.9. The molecule has 23 nitrogen and oxygen atoms in total. The highest BCUT2D eigenvalue weighted by atomic mass is 32.1. The number of aromatic nitrogens is 1. The molecule has 0 saturated carbocycles. The molecule has 0 aliphatic rings. The highest BCUT2D eigenvalue weighted by Gasteiger charge is 2.36. The number of carboxylic acids is 1. The predicted octanol–water partition coefficient (Wildman–Crippen LogP) is -1.37. The predicted molar refractivity (Wildman–Crippen MR) is 287 cm³/mol. The van der Waals surface area contributed by atoms with Crippen LogP contribution in [0.15, 0.2) is 85.1 Å². The van der Waals surface area contributed by atoms with Gasteiger partial charge in [0.05, 0.1) is 12.2 Å². The fraction of sp³-hybridized carbons (Fsp3) is 0.431. The maximum Gasteiger partial charge on any atom is 0.328 e. The zero-order valence-electron chi connectivity index (χ0n) is 42.2. The molecule has 0 fully saturated rings. The second-order valence-electron chi connectivity index (χ2n) is 18.1. The van der Waals surface area contributed by atoms with Gasteiger partial charge in [0.25, 0.3) is 0 Å². The minimum Gasteiger partial charge on any atom is -0.508 e. The number of carboxylic acid groups (broad SMARTS) is 1. The van der Waals surface area contributed by atoms with E-state index in [0.29, 0.717) is 28.5 Å². The van der Waals surface area contributed by atoms with E-state index in [2.05, 4.69) is 72.8 Å². The van der Waals surface area contributed by atoms with Crippen LogP contribution in [0.4, 0.5) is 0 Å². The van der Waals surface area contributed by atoms with Crippen molar-refractivity contribution in [3.8, 4) is 5.75 Å². The van der Waals surface area contributed by atoms with Crippen molar-refractivity contribution in [2.24, 2.45) is 5.73 Å². The standard InChI is InChI=1S/C51H68N10O13S2/c1-27(62)42(50(72)59-41(26-76)49(71)61-43(28(2)63)51(73)74)60-44(66)36(15-9-10-20-52)55-47(69)39(23-32-24-53-35-14-8-7-13-34(32)35)57-46(68)38(22-31-16-18-33(65)19-17-31)56-48(70)40(25-75)58-45(67)37(54-29(3)64)21-30-11-5-4-6-12-30/h4-8,11-14,16-19,24,27-28,36-43,53,62-63,65,75-76H,9-10,15,20-23,25-26,52H2,1-3H3,(H,54,64)(H,55,69)(H,56,70)(H,57,68)(H,58,67)(H,59,72)(H,60,66)(H,61,71)(H,73,74)/t27-,28-,36+,37-,38+,39-,40+,41+,42+,43+/m1/s1. The molecule has 4 aromatic rings. The lowest BCUT2D eigenvalue weighted by atomic mass is 10.0. The van der Waals surface area contributed by atoms with Gasteiger partial charge >= 0.3 is 5.97 Å². The van der Waals surface area contributed by atoms with Gasteiger partial charge in [-0.2, -0.15) is 25.3 Å². The quantitative estimate of drug-likeness (QED) is 0.0212. The number of aliphatic carboxylic acids is 1. The second kappa shape index (κ2) is 30.4. The van der Waals surface area contributed by atoms with Gasteiger partial charge in [-0.25, -0.2) is 4.79 Å². The average Bonchev–Trinajstić information content (AvgIpc) is 3.79. The molecular formula is C51H68N10O13S2. The van der Waals surface area contributed by atoms with Gasteiger partial charge in [0.2, 0.25) is 47.3 Å². The number of aromatic hydroxyl groups is 1. The highest BCUT2D eigenvalue weighted by Crippen LogP contribution is 2.20. The number of hydrogen-bond acceptors (Lipinski definition) is 15. The molecule has 0 saturated heterocycles. The molecule has 1 aromatic heterocycles. The van der Waals surface area contributed by atoms with Crippen LogP contribution in [0.25, 0.3) is 10.9 Å². The Morgan fingerprint density at radius 2 is 0.987 bits per heavy atom. The van der Waals surface area contributed by atoms with Gasteiger partial charge in [-0.15, -0.1) is 0 Å². The number of phenols is 1. The van der Waals surface area contributed by atoms with Crippen LogP contribution in [0, 0.1) is 0 Å². The van der Waals surface area contributed by atoms with Crippen molar-refractivity contribution in [3.05, 3.63) is 102 Å². The first kappa shape index (κ1) is 61.4. The van der Waals surface area contributed by atoms with Crippen molar-refractivity contribution >= 4 is 89.4 Å². The SMILES string of the molecule is CC(=O)N[C@H](Cc1ccccc1)C(=O)N[C@@H](CS)C(=O)N[C@@H](Cc1ccc(O)cc1)C(=O)N[C@H](Cc1c[nH]c2ccccc12)C(=O)N[C@@H](CCCCN)C(=O)N[C@H](C(=O)N[C@@H](CS)C(=O)N[C@H](C(=O)O)[C@@H](C)O)[C@@H](C)O. The topological polar surface area (TPSA) is 373 Å². The number of nitrogens with two attached hydrogens (primary N) is 1. The van der Waals surface area contributed by atoms with E-state index < -0.39 is 114 Å². The van der Waals surface area contributed by atoms with Gasteiger partial charge in [0.15, 0.2) is 6.04 Å². The summed E-state index contributed by atoms with van der Waals surface area (Å²) in [4.78, 5) is 125. The summed E-state index contributed by atoms with van der Waals surface area (Å²) in [5.41, 5.74) is 8.23. The summed E-state index contributed by atoms with van der Waals surface area (Å²) in [6.07, 6.45) is -1.15. The number of phenolic OH excluding ortho intramolecular Hbond substituents is 1. The maximum atomic E-state index is 14.7. The number of carbonyl (C=O) groups is 9. The average molecular weight is 1090 g/mol. The van der Waals surface area contributed by atoms with Gasteiger partial charge in [-0.3, -0.25) is 38.4 Å². The Bertz CT molecular complexity index is 2620. The van der Waals surface area contributed by atoms with E-state index in [1.807, 2.05) is 0 Å². The number of nitrogens with one attached hydrogen (secondary N) is 9. The van der Waals surface area contributed by atoms with Crippen LogP contribution in [0.2, 0.25) is 0 Å². The molecule has 0 aliphatic carbocycles. The van der Waals surface area contributed by atoms with Crippen molar-refractivity contribution in [2.45, 2.75) is 120 Å². The van der Waals surface area contributed by atoms with E-state index in [-0.39, 0.29) is 55.9 Å². The molecule has 0 aliphatic heterocycles. The molecule has 8 amide bonds. The molecule has 76 heavy (non-hydrogen) atoms. The fourth-order valence-corrected chi connectivity index (χ4v) is 8.43. The molecule has 1 heterocycles. The number of fused-ring (bicyclic) bond motifs is 1. The smallest absolute Gasteiger partial charge is 0.328 e. The zero-order valence-corrected chi connectivity index (χ0v) is 43.9. The van der Waals surface area contributed by atoms with Crippen molar-refractivity contribution in [1.82, 2.24) is 47.5 Å². The Kier molecular flexibility index (Phi) is 24.5. The normalized spacial score (nSPS) is 15.1. The van der Waals surface area contributed by atoms with Crippen molar-refractivity contribution in [1.29, 1.82) is 0 Å². The van der Waals surface area contributed by atoms with Crippen LogP contribution in [-0.4, -0.2) is 157 Å². The van der Waals surface area contributed by atoms with E-state index in [1.54, 1.807) is 60.8 Å². The number of aliphatic hydroxyl groups excluding tert-OH is 2. The summed E-state index contributed by atoms with van der Waals surface area (Å²) in [7, 11) is 0. The lowest BCUT2D eigenvalue weighted by Crippen LogP contribution is -2.62. The number of para-hydroxylation sites is 1. The molecule has 3 aromatic carbocycles. The van der Waals surface area contributed by atoms with Crippen LogP contribution in [0.5, 0.6) is 5.75 Å². The molecule has 0 bridgehead atoms. The summed E-state index contributed by atoms with van der Waals surface area (Å²) in [5, 5.41) is 60.9. The number of carbonyl (C=O) groups excluding carboxylic acids is 8. The molecule has 0 spiro atoms. The van der Waals surface area contributed by atoms with Gasteiger partial charge in [0.1, 0.15) is 48.0 Å². The minimum atomic E-state index is -1.75. The molecule has 25 heteroatoms. The summed E-state index contributed by atoms with van der Waals surface area (Å²) in [6, 6.07) is 10.0. The zero-order chi connectivity index (χ0) is 56.1. The molecule has 4 rings (SSSR count). The van der Waals surface area contributed by atoms with Crippen LogP contribution in [0.3, 0.4) is 0 Å². The minimum absolute atomic E-state index is 0.0568. The van der Waals surface area contributed by atoms with E-state index in [4.69, 9.17) is 5.73 Å². The molecule has 10 atom stereocenters. The summed E-state index contributed by atoms with van der Waals surface area (Å²) in [5.74, 6) is -9.15. The number of aliphatic hydroxyl groups is 2. The number of amides is 8. The van der Waals surface area contributed by atoms with Gasteiger partial charge < -0.3 is 73.7 Å². The Balaban J connectivity index is 1.65. The molecule has 412 valence electrons. The van der Waals surface area contributed by atoms with Crippen LogP contribution in [0.1, 0.15) is 56.7 Å². The van der Waals surface area contributed by atoms with Gasteiger partial charge in [-0.05, 0) is 74.5 Å². The van der Waals surface area contributed by atoms with Crippen molar-refractivity contribution < 1.29 is 63.6 Å². The van der Waals surface area contributed by atoms with Crippen molar-refractivity contribution in [3.63, 3.8) is 0 Å². The number of aromatic amines is 1. The third-order valence-corrected chi connectivity index (χ3v) is 12.8. The number of hydrogen-bond donors (Lipinski definition) is 16. The van der Waals surface area contributed by atoms with Crippen LogP contribution < -0.4 is 48.3 Å². The first-order chi connectivity index (χ1) is 36.1. The Morgan fingerprint density at radius 3 is 1.53 bits per heavy atom. The lowest BCUT2D eigenvalue weighted by Gasteiger charge is -2.28. The fourth-order valence-electron chi connectivity index (χ4n) is 7.91. The largest absolute Gasteiger partial charge is 0.508 e. The Labute approximate surface area is 449 Å². The Hall–Kier alpha value is -7.19. The van der Waals surface area contributed by atoms with E-state index in [1.165, 1.54) is 38.1 Å². The van der Waals surface area contributed by atoms with Gasteiger partial charge in [0, 0.05) is 54.8 Å². The number of unbranched alkanes of at least 4 members (excludes halogenated alkanes) is 1. The molecule has 0 radical (unpaired) electrons. The number of benzene rings is 3. The third-order valence-electron chi connectivity index (χ3n) is 12.0. The van der Waals surface area contributed by atoms with Crippen LogP contribution in [-0.2, 0) is 62.4 Å². The monoisotopic (exact) mass is 1090 g/mol. The first-order valence-electron chi connectivity index (χ1n) is 24.4. The van der Waals surface area contributed by atoms with E-state index in [0.717, 1.165) is 12.5 Å². The second-order valence-corrected chi connectivity index (χ2v) is 18.9. The first-order valence-corrected chi connectivity index (χ1v) is 25.7. The lowest BCUT2D eigenvalue weighted by molar-refractivity contribution is -0.145. The number of rotatable bonds is 30. The van der Waals surface area contributed by atoms with E-state index >= 15 is 0 Å². The molecular weight excluding hydrogens is 1020 g/mol. The van der Waals surface area contributed by atoms with Gasteiger partial charge in [-0.1, -0.05) is 60.7 Å². The maximum absolute atomic E-state index is 14.7. The van der Waals surface area contributed by atoms with Crippen LogP contribution >= 0.6 is 25.3 Å². The molecule has 15 N–H and O–H groups in total. The summed E-state index contributed by atoms with van der Waals surface area (Å²) >= 11 is 8.40. The summed E-state index contributed by atoms with van der Waals surface area (Å²) in [6.45, 7) is 3.77.